The summed E-state index contributed by atoms with van der Waals surface area (Å²) in [6.45, 7) is 0. The van der Waals surface area contributed by atoms with Crippen LogP contribution in [-0.2, 0) is 11.2 Å². The number of nitrogens with zero attached hydrogens (tertiary/aromatic N) is 1. The van der Waals surface area contributed by atoms with Crippen LogP contribution in [0.25, 0.3) is 0 Å². The van der Waals surface area contributed by atoms with Crippen molar-refractivity contribution in [1.82, 2.24) is 0 Å². The topological polar surface area (TPSA) is 75.7 Å². The molecule has 0 atom stereocenters. The lowest BCUT2D eigenvalue weighted by atomic mass is 10.1. The average molecular weight is 418 g/mol. The van der Waals surface area contributed by atoms with Gasteiger partial charge in [-0.15, -0.1) is 0 Å². The zero-order chi connectivity index (χ0) is 22.0. The summed E-state index contributed by atoms with van der Waals surface area (Å²) in [4.78, 5) is 38.8. The van der Waals surface area contributed by atoms with Crippen LogP contribution in [0.5, 0.6) is 5.75 Å². The van der Waals surface area contributed by atoms with E-state index in [1.165, 1.54) is 19.2 Å². The maximum Gasteiger partial charge on any atom is 0.266 e. The van der Waals surface area contributed by atoms with E-state index in [4.69, 9.17) is 4.74 Å². The largest absolute Gasteiger partial charge is 0.494 e. The van der Waals surface area contributed by atoms with Gasteiger partial charge in [-0.3, -0.25) is 14.4 Å². The standard InChI is InChI=1S/C24H19FN2O4/c1-31-21-11-9-15(13-20(21)25)10-12-22(28)26-16-5-4-6-17(14-16)27-23(29)18-7-2-3-8-19(18)24(27)30/h2-9,11,13-14H,10,12H2,1H3,(H,26,28). The number of nitrogens with one attached hydrogen (secondary N) is 1. The lowest BCUT2D eigenvalue weighted by Crippen LogP contribution is -2.29. The smallest absolute Gasteiger partial charge is 0.266 e. The summed E-state index contributed by atoms with van der Waals surface area (Å²) >= 11 is 0. The molecule has 1 heterocycles. The van der Waals surface area contributed by atoms with E-state index in [9.17, 15) is 18.8 Å². The van der Waals surface area contributed by atoms with Crippen molar-refractivity contribution in [3.63, 3.8) is 0 Å². The van der Waals surface area contributed by atoms with Gasteiger partial charge in [-0.25, -0.2) is 9.29 Å². The Bertz CT molecular complexity index is 1160. The molecule has 0 bridgehead atoms. The number of aryl methyl sites for hydroxylation is 1. The molecule has 31 heavy (non-hydrogen) atoms. The van der Waals surface area contributed by atoms with Gasteiger partial charge in [-0.05, 0) is 54.4 Å². The number of carbonyl (C=O) groups excluding carboxylic acids is 3. The van der Waals surface area contributed by atoms with Gasteiger partial charge >= 0.3 is 0 Å². The third kappa shape index (κ3) is 4.02. The Balaban J connectivity index is 1.43. The fraction of sp³-hybridized carbons (Fsp3) is 0.125. The van der Waals surface area contributed by atoms with Crippen molar-refractivity contribution >= 4 is 29.1 Å². The number of hydrogen-bond acceptors (Lipinski definition) is 4. The summed E-state index contributed by atoms with van der Waals surface area (Å²) in [6.07, 6.45) is 0.494. The minimum atomic E-state index is -0.478. The molecule has 1 aliphatic heterocycles. The summed E-state index contributed by atoms with van der Waals surface area (Å²) in [7, 11) is 1.39. The predicted octanol–water partition coefficient (Wildman–Crippen LogP) is 4.21. The van der Waals surface area contributed by atoms with Crippen molar-refractivity contribution in [2.75, 3.05) is 17.3 Å². The van der Waals surface area contributed by atoms with Crippen LogP contribution in [0, 0.1) is 5.82 Å². The molecular weight excluding hydrogens is 399 g/mol. The second kappa shape index (κ2) is 8.39. The number of halogens is 1. The highest BCUT2D eigenvalue weighted by Crippen LogP contribution is 2.29. The number of rotatable bonds is 6. The molecule has 3 amide bonds. The van der Waals surface area contributed by atoms with Crippen LogP contribution in [-0.4, -0.2) is 24.8 Å². The minimum Gasteiger partial charge on any atom is -0.494 e. The van der Waals surface area contributed by atoms with Crippen LogP contribution in [0.2, 0.25) is 0 Å². The number of amides is 3. The van der Waals surface area contributed by atoms with Gasteiger partial charge < -0.3 is 10.1 Å². The number of anilines is 2. The Kier molecular flexibility index (Phi) is 5.49. The Morgan fingerprint density at radius 1 is 0.968 bits per heavy atom. The molecule has 0 fully saturated rings. The van der Waals surface area contributed by atoms with Gasteiger partial charge in [0.2, 0.25) is 5.91 Å². The van der Waals surface area contributed by atoms with Crippen LogP contribution in [0.3, 0.4) is 0 Å². The van der Waals surface area contributed by atoms with E-state index in [1.54, 1.807) is 54.6 Å². The molecule has 4 rings (SSSR count). The molecule has 1 N–H and O–H groups in total. The zero-order valence-corrected chi connectivity index (χ0v) is 16.7. The number of methoxy groups -OCH3 is 1. The van der Waals surface area contributed by atoms with E-state index in [-0.39, 0.29) is 18.1 Å². The summed E-state index contributed by atoms with van der Waals surface area (Å²) < 4.78 is 18.7. The molecule has 7 heteroatoms. The van der Waals surface area contributed by atoms with Crippen molar-refractivity contribution in [1.29, 1.82) is 0 Å². The number of benzene rings is 3. The SMILES string of the molecule is COc1ccc(CCC(=O)Nc2cccc(N3C(=O)c4ccccc4C3=O)c2)cc1F. The molecule has 0 saturated heterocycles. The Hall–Kier alpha value is -4.00. The van der Waals surface area contributed by atoms with Gasteiger partial charge in [0.25, 0.3) is 11.8 Å². The quantitative estimate of drug-likeness (QED) is 0.609. The second-order valence-electron chi connectivity index (χ2n) is 7.06. The highest BCUT2D eigenvalue weighted by Gasteiger charge is 2.36. The number of imide groups is 1. The van der Waals surface area contributed by atoms with Crippen LogP contribution in [0.1, 0.15) is 32.7 Å². The second-order valence-corrected chi connectivity index (χ2v) is 7.06. The summed E-state index contributed by atoms with van der Waals surface area (Å²) in [5, 5.41) is 2.76. The van der Waals surface area contributed by atoms with E-state index in [0.29, 0.717) is 34.5 Å². The molecular formula is C24H19FN2O4. The van der Waals surface area contributed by atoms with Gasteiger partial charge in [0.1, 0.15) is 0 Å². The molecule has 0 aromatic heterocycles. The number of carbonyl (C=O) groups is 3. The van der Waals surface area contributed by atoms with Crippen molar-refractivity contribution in [2.45, 2.75) is 12.8 Å². The van der Waals surface area contributed by atoms with Crippen LogP contribution >= 0.6 is 0 Å². The minimum absolute atomic E-state index is 0.142. The van der Waals surface area contributed by atoms with Gasteiger partial charge in [-0.1, -0.05) is 24.3 Å². The first kappa shape index (κ1) is 20.3. The first-order valence-electron chi connectivity index (χ1n) is 9.68. The third-order valence-corrected chi connectivity index (χ3v) is 5.04. The third-order valence-electron chi connectivity index (χ3n) is 5.04. The molecule has 1 aliphatic rings. The molecule has 0 radical (unpaired) electrons. The first-order valence-corrected chi connectivity index (χ1v) is 9.68. The van der Waals surface area contributed by atoms with Crippen LogP contribution < -0.4 is 15.0 Å². The monoisotopic (exact) mass is 418 g/mol. The average Bonchev–Trinajstić information content (AvgIpc) is 3.03. The van der Waals surface area contributed by atoms with E-state index >= 15 is 0 Å². The molecule has 3 aromatic rings. The summed E-state index contributed by atoms with van der Waals surface area (Å²) in [5.41, 5.74) is 2.22. The lowest BCUT2D eigenvalue weighted by molar-refractivity contribution is -0.116. The number of fused-ring (bicyclic) bond motifs is 1. The normalized spacial score (nSPS) is 12.6. The fourth-order valence-electron chi connectivity index (χ4n) is 3.49. The Morgan fingerprint density at radius 3 is 2.32 bits per heavy atom. The van der Waals surface area contributed by atoms with E-state index < -0.39 is 17.6 Å². The van der Waals surface area contributed by atoms with E-state index in [2.05, 4.69) is 5.32 Å². The molecule has 156 valence electrons. The lowest BCUT2D eigenvalue weighted by Gasteiger charge is -2.15. The molecule has 0 aliphatic carbocycles. The Morgan fingerprint density at radius 2 is 1.68 bits per heavy atom. The highest BCUT2D eigenvalue weighted by atomic mass is 19.1. The zero-order valence-electron chi connectivity index (χ0n) is 16.7. The van der Waals surface area contributed by atoms with Crippen molar-refractivity contribution in [3.05, 3.63) is 89.2 Å². The molecule has 6 nitrogen and oxygen atoms in total. The van der Waals surface area contributed by atoms with Gasteiger partial charge in [0.15, 0.2) is 11.6 Å². The molecule has 0 unspecified atom stereocenters. The van der Waals surface area contributed by atoms with Gasteiger partial charge in [0, 0.05) is 12.1 Å². The van der Waals surface area contributed by atoms with Gasteiger partial charge in [-0.2, -0.15) is 0 Å². The van der Waals surface area contributed by atoms with Gasteiger partial charge in [0.05, 0.1) is 23.9 Å². The van der Waals surface area contributed by atoms with Crippen molar-refractivity contribution in [3.8, 4) is 5.75 Å². The molecule has 3 aromatic carbocycles. The summed E-state index contributed by atoms with van der Waals surface area (Å²) in [5.74, 6) is -1.39. The number of ether oxygens (including phenoxy) is 1. The van der Waals surface area contributed by atoms with Crippen LogP contribution in [0.15, 0.2) is 66.7 Å². The highest BCUT2D eigenvalue weighted by molar-refractivity contribution is 6.34. The van der Waals surface area contributed by atoms with Crippen molar-refractivity contribution < 1.29 is 23.5 Å². The first-order chi connectivity index (χ1) is 15.0. The van der Waals surface area contributed by atoms with E-state index in [1.807, 2.05) is 0 Å². The van der Waals surface area contributed by atoms with Crippen molar-refractivity contribution in [2.24, 2.45) is 0 Å². The maximum absolute atomic E-state index is 13.8. The number of hydrogen-bond donors (Lipinski definition) is 1. The molecule has 0 saturated carbocycles. The van der Waals surface area contributed by atoms with E-state index in [0.717, 1.165) is 4.90 Å². The fourth-order valence-corrected chi connectivity index (χ4v) is 3.49. The van der Waals surface area contributed by atoms with Crippen LogP contribution in [0.4, 0.5) is 15.8 Å². The predicted molar refractivity (Wildman–Crippen MR) is 114 cm³/mol. The molecule has 0 spiro atoms. The Labute approximate surface area is 178 Å². The maximum atomic E-state index is 13.8. The summed E-state index contributed by atoms with van der Waals surface area (Å²) in [6, 6.07) is 17.8.